The summed E-state index contributed by atoms with van der Waals surface area (Å²) in [4.78, 5) is 32.8. The Labute approximate surface area is 154 Å². The van der Waals surface area contributed by atoms with Gasteiger partial charge in [0.2, 0.25) is 10.0 Å². The summed E-state index contributed by atoms with van der Waals surface area (Å²) >= 11 is 0. The first-order valence-electron chi connectivity index (χ1n) is 7.48. The molecule has 0 heterocycles. The Kier molecular flexibility index (Phi) is 6.16. The molecule has 10 heteroatoms. The molecule has 0 saturated heterocycles. The number of allylic oxidation sites excluding steroid dienone is 1. The molecule has 0 amide bonds. The molecular formula is C17H14N2O7S. The average Bonchev–Trinajstić information content (AvgIpc) is 2.65. The fraction of sp³-hybridized carbons (Fsp3) is 0.0588. The van der Waals surface area contributed by atoms with Gasteiger partial charge in [0.15, 0.2) is 5.78 Å². The monoisotopic (exact) mass is 390 g/mol. The van der Waals surface area contributed by atoms with Crippen LogP contribution in [0.4, 0.5) is 5.69 Å². The number of ketones is 1. The third kappa shape index (κ3) is 5.30. The predicted octanol–water partition coefficient (Wildman–Crippen LogP) is 1.85. The van der Waals surface area contributed by atoms with Crippen molar-refractivity contribution in [2.24, 2.45) is 0 Å². The molecule has 140 valence electrons. The van der Waals surface area contributed by atoms with Crippen LogP contribution in [0.3, 0.4) is 0 Å². The number of nitro benzene ring substituents is 1. The zero-order valence-corrected chi connectivity index (χ0v) is 14.5. The quantitative estimate of drug-likeness (QED) is 0.303. The lowest BCUT2D eigenvalue weighted by molar-refractivity contribution is -0.385. The number of sulfonamides is 1. The van der Waals surface area contributed by atoms with E-state index in [9.17, 15) is 28.1 Å². The van der Waals surface area contributed by atoms with Crippen LogP contribution in [0.5, 0.6) is 0 Å². The Morgan fingerprint density at radius 3 is 2.33 bits per heavy atom. The molecule has 0 bridgehead atoms. The van der Waals surface area contributed by atoms with Crippen molar-refractivity contribution in [2.45, 2.75) is 4.90 Å². The van der Waals surface area contributed by atoms with E-state index in [4.69, 9.17) is 5.11 Å². The first kappa shape index (κ1) is 19.9. The van der Waals surface area contributed by atoms with Crippen LogP contribution in [0, 0.1) is 10.1 Å². The van der Waals surface area contributed by atoms with Crippen LogP contribution >= 0.6 is 0 Å². The van der Waals surface area contributed by atoms with Crippen molar-refractivity contribution in [1.29, 1.82) is 0 Å². The number of carbonyl (C=O) groups excluding carboxylic acids is 1. The maximum atomic E-state index is 12.2. The van der Waals surface area contributed by atoms with Gasteiger partial charge < -0.3 is 5.11 Å². The number of nitrogens with zero attached hydrogens (tertiary/aromatic N) is 1. The van der Waals surface area contributed by atoms with Gasteiger partial charge in [-0.15, -0.1) is 0 Å². The van der Waals surface area contributed by atoms with Crippen LogP contribution in [0.15, 0.2) is 59.5 Å². The second-order valence-corrected chi connectivity index (χ2v) is 7.02. The lowest BCUT2D eigenvalue weighted by Gasteiger charge is -2.05. The third-order valence-corrected chi connectivity index (χ3v) is 4.83. The van der Waals surface area contributed by atoms with Crippen molar-refractivity contribution in [2.75, 3.05) is 6.54 Å². The zero-order valence-electron chi connectivity index (χ0n) is 13.7. The smallest absolute Gasteiger partial charge is 0.318 e. The van der Waals surface area contributed by atoms with E-state index >= 15 is 0 Å². The van der Waals surface area contributed by atoms with Crippen LogP contribution < -0.4 is 4.72 Å². The number of aliphatic carboxylic acids is 1. The van der Waals surface area contributed by atoms with Crippen LogP contribution in [0.1, 0.15) is 15.9 Å². The van der Waals surface area contributed by atoms with Crippen LogP contribution in [-0.2, 0) is 14.8 Å². The minimum absolute atomic E-state index is 0.146. The first-order chi connectivity index (χ1) is 12.7. The lowest BCUT2D eigenvalue weighted by atomic mass is 10.1. The van der Waals surface area contributed by atoms with Crippen molar-refractivity contribution >= 4 is 33.5 Å². The molecule has 0 aliphatic heterocycles. The molecule has 0 spiro atoms. The van der Waals surface area contributed by atoms with Gasteiger partial charge in [-0.25, -0.2) is 8.42 Å². The summed E-state index contributed by atoms with van der Waals surface area (Å²) in [7, 11) is -4.00. The van der Waals surface area contributed by atoms with E-state index in [1.54, 1.807) is 6.07 Å². The van der Waals surface area contributed by atoms with E-state index in [1.165, 1.54) is 36.4 Å². The minimum Gasteiger partial charge on any atom is -0.480 e. The molecule has 2 aromatic carbocycles. The van der Waals surface area contributed by atoms with Gasteiger partial charge >= 0.3 is 5.97 Å². The van der Waals surface area contributed by atoms with E-state index in [0.29, 0.717) is 0 Å². The number of nitro groups is 1. The van der Waals surface area contributed by atoms with E-state index < -0.39 is 33.2 Å². The molecule has 2 rings (SSSR count). The predicted molar refractivity (Wildman–Crippen MR) is 95.7 cm³/mol. The van der Waals surface area contributed by atoms with Gasteiger partial charge in [-0.3, -0.25) is 19.7 Å². The highest BCUT2D eigenvalue weighted by Crippen LogP contribution is 2.19. The molecule has 0 aliphatic rings. The molecule has 0 atom stereocenters. The molecule has 2 aromatic rings. The molecule has 0 fully saturated rings. The summed E-state index contributed by atoms with van der Waals surface area (Å²) in [5, 5.41) is 19.5. The summed E-state index contributed by atoms with van der Waals surface area (Å²) < 4.78 is 25.7. The molecule has 2 N–H and O–H groups in total. The van der Waals surface area contributed by atoms with Crippen LogP contribution in [0.25, 0.3) is 6.08 Å². The molecule has 9 nitrogen and oxygen atoms in total. The maximum Gasteiger partial charge on any atom is 0.318 e. The lowest BCUT2D eigenvalue weighted by Crippen LogP contribution is -2.29. The zero-order chi connectivity index (χ0) is 20.0. The Bertz CT molecular complexity index is 1010. The number of nitrogens with one attached hydrogen (secondary N) is 1. The van der Waals surface area contributed by atoms with Crippen molar-refractivity contribution in [1.82, 2.24) is 4.72 Å². The summed E-state index contributed by atoms with van der Waals surface area (Å²) in [6.07, 6.45) is 2.45. The highest BCUT2D eigenvalue weighted by atomic mass is 32.2. The Morgan fingerprint density at radius 2 is 1.74 bits per heavy atom. The summed E-state index contributed by atoms with van der Waals surface area (Å²) in [5.74, 6) is -1.80. The van der Waals surface area contributed by atoms with Gasteiger partial charge in [0.1, 0.15) is 6.54 Å². The number of carboxylic acids is 1. The largest absolute Gasteiger partial charge is 0.480 e. The maximum absolute atomic E-state index is 12.2. The topological polar surface area (TPSA) is 144 Å². The van der Waals surface area contributed by atoms with Gasteiger partial charge in [0, 0.05) is 11.6 Å². The normalized spacial score (nSPS) is 11.4. The van der Waals surface area contributed by atoms with Crippen molar-refractivity contribution in [3.8, 4) is 0 Å². The Balaban J connectivity index is 2.17. The van der Waals surface area contributed by atoms with E-state index in [2.05, 4.69) is 0 Å². The molecule has 0 unspecified atom stereocenters. The van der Waals surface area contributed by atoms with E-state index in [0.717, 1.165) is 18.2 Å². The fourth-order valence-corrected chi connectivity index (χ4v) is 3.07. The average molecular weight is 390 g/mol. The summed E-state index contributed by atoms with van der Waals surface area (Å²) in [6.45, 7) is -0.762. The van der Waals surface area contributed by atoms with Crippen molar-refractivity contribution in [3.63, 3.8) is 0 Å². The van der Waals surface area contributed by atoms with Gasteiger partial charge in [0.05, 0.1) is 15.4 Å². The molecule has 27 heavy (non-hydrogen) atoms. The summed E-state index contributed by atoms with van der Waals surface area (Å²) in [6, 6.07) is 10.8. The third-order valence-electron chi connectivity index (χ3n) is 3.41. The van der Waals surface area contributed by atoms with Crippen molar-refractivity contribution in [3.05, 3.63) is 75.8 Å². The highest BCUT2D eigenvalue weighted by Gasteiger charge is 2.16. The number of rotatable bonds is 8. The number of benzene rings is 2. The SMILES string of the molecule is O=C(O)CNS(=O)(=O)c1ccc(C(=O)/C=C/c2ccccc2[N+](=O)[O-])cc1. The highest BCUT2D eigenvalue weighted by molar-refractivity contribution is 7.89. The number of carboxylic acid groups (broad SMARTS) is 1. The molecular weight excluding hydrogens is 376 g/mol. The van der Waals surface area contributed by atoms with Gasteiger partial charge in [0.25, 0.3) is 5.69 Å². The van der Waals surface area contributed by atoms with Crippen LogP contribution in [-0.4, -0.2) is 36.7 Å². The Morgan fingerprint density at radius 1 is 1.11 bits per heavy atom. The minimum atomic E-state index is -4.00. The van der Waals surface area contributed by atoms with E-state index in [1.807, 2.05) is 4.72 Å². The van der Waals surface area contributed by atoms with Gasteiger partial charge in [-0.1, -0.05) is 12.1 Å². The fourth-order valence-electron chi connectivity index (χ4n) is 2.09. The van der Waals surface area contributed by atoms with E-state index in [-0.39, 0.29) is 21.7 Å². The second kappa shape index (κ2) is 8.34. The van der Waals surface area contributed by atoms with Crippen molar-refractivity contribution < 1.29 is 28.0 Å². The molecule has 0 saturated carbocycles. The Hall–Kier alpha value is -3.37. The second-order valence-electron chi connectivity index (χ2n) is 5.26. The van der Waals surface area contributed by atoms with Gasteiger partial charge in [-0.2, -0.15) is 4.72 Å². The number of para-hydroxylation sites is 1. The molecule has 0 radical (unpaired) electrons. The molecule has 0 aliphatic carbocycles. The molecule has 0 aromatic heterocycles. The van der Waals surface area contributed by atoms with Gasteiger partial charge in [-0.05, 0) is 42.5 Å². The number of carbonyl (C=O) groups is 2. The van der Waals surface area contributed by atoms with Crippen LogP contribution in [0.2, 0.25) is 0 Å². The standard InChI is InChI=1S/C17H14N2O7S/c20-16(10-7-12-3-1-2-4-15(12)19(23)24)13-5-8-14(9-6-13)27(25,26)18-11-17(21)22/h1-10,18H,11H2,(H,21,22)/b10-7+. The number of hydrogen-bond acceptors (Lipinski definition) is 6. The number of hydrogen-bond donors (Lipinski definition) is 2. The summed E-state index contributed by atoms with van der Waals surface area (Å²) in [5.41, 5.74) is 0.280. The first-order valence-corrected chi connectivity index (χ1v) is 8.96.